The van der Waals surface area contributed by atoms with Crippen molar-refractivity contribution in [3.05, 3.63) is 63.1 Å². The number of ketones is 1. The van der Waals surface area contributed by atoms with Crippen LogP contribution in [0.5, 0.6) is 5.75 Å². The molecule has 1 aromatic heterocycles. The van der Waals surface area contributed by atoms with Crippen LogP contribution in [0.15, 0.2) is 29.2 Å². The summed E-state index contributed by atoms with van der Waals surface area (Å²) in [6.45, 7) is 2.66. The van der Waals surface area contributed by atoms with Crippen molar-refractivity contribution in [2.75, 3.05) is 13.7 Å². The molecular weight excluding hydrogens is 446 g/mol. The van der Waals surface area contributed by atoms with Crippen molar-refractivity contribution in [2.45, 2.75) is 45.7 Å². The second-order valence-electron chi connectivity index (χ2n) is 9.26. The fraction of sp³-hybridized carbons (Fsp3) is 0.480. The van der Waals surface area contributed by atoms with E-state index in [0.717, 1.165) is 25.3 Å². The molecule has 1 fully saturated rings. The number of nitrogens with zero attached hydrogens (tertiary/aromatic N) is 1. The number of aromatic hydroxyl groups is 1. The van der Waals surface area contributed by atoms with Gasteiger partial charge in [-0.2, -0.15) is 0 Å². The fourth-order valence-corrected chi connectivity index (χ4v) is 5.26. The van der Waals surface area contributed by atoms with Crippen LogP contribution in [-0.4, -0.2) is 35.1 Å². The first-order valence-electron chi connectivity index (χ1n) is 11.4. The van der Waals surface area contributed by atoms with Crippen LogP contribution in [-0.2, 0) is 17.8 Å². The van der Waals surface area contributed by atoms with Crippen LogP contribution in [0, 0.1) is 28.9 Å². The van der Waals surface area contributed by atoms with Crippen molar-refractivity contribution in [1.29, 1.82) is 0 Å². The van der Waals surface area contributed by atoms with Crippen LogP contribution in [0.3, 0.4) is 0 Å². The molecule has 7 nitrogen and oxygen atoms in total. The summed E-state index contributed by atoms with van der Waals surface area (Å²) in [4.78, 5) is 39.0. The van der Waals surface area contributed by atoms with E-state index in [-0.39, 0.29) is 46.4 Å². The zero-order chi connectivity index (χ0) is 24.6. The maximum atomic E-state index is 13.9. The molecule has 1 aliphatic heterocycles. The van der Waals surface area contributed by atoms with E-state index in [9.17, 15) is 28.3 Å². The maximum Gasteiger partial charge on any atom is 0.257 e. The summed E-state index contributed by atoms with van der Waals surface area (Å²) in [5.41, 5.74) is -1.65. The Hall–Kier alpha value is -3.07. The van der Waals surface area contributed by atoms with Crippen LogP contribution >= 0.6 is 0 Å². The third-order valence-corrected chi connectivity index (χ3v) is 7.16. The summed E-state index contributed by atoms with van der Waals surface area (Å²) in [5, 5.41) is 13.1. The molecule has 2 aliphatic rings. The van der Waals surface area contributed by atoms with Gasteiger partial charge >= 0.3 is 0 Å². The average molecular weight is 475 g/mol. The van der Waals surface area contributed by atoms with Crippen molar-refractivity contribution < 1.29 is 28.2 Å². The molecule has 182 valence electrons. The Morgan fingerprint density at radius 3 is 2.76 bits per heavy atom. The lowest BCUT2D eigenvalue weighted by Gasteiger charge is -2.35. The van der Waals surface area contributed by atoms with E-state index in [0.29, 0.717) is 25.6 Å². The first-order chi connectivity index (χ1) is 16.2. The number of amides is 1. The van der Waals surface area contributed by atoms with Gasteiger partial charge < -0.3 is 19.7 Å². The maximum absolute atomic E-state index is 13.9. The summed E-state index contributed by atoms with van der Waals surface area (Å²) in [6, 6.07) is 2.97. The molecule has 0 radical (unpaired) electrons. The minimum absolute atomic E-state index is 0.0466. The number of hydrogen-bond donors (Lipinski definition) is 2. The fourth-order valence-electron chi connectivity index (χ4n) is 5.26. The summed E-state index contributed by atoms with van der Waals surface area (Å²) in [6.07, 6.45) is 4.52. The Balaban J connectivity index is 1.64. The molecule has 1 saturated carbocycles. The standard InChI is InChI=1S/C25H28F2N2O5/c1-3-4-5-18-22(31)20-23(32)21(30)17(11-29(20)13-25(18)9-15(25)12-34-2)24(33)28-10-14-6-7-16(26)8-19(14)27/h6-8,11,15,18,32H,3-5,9-10,12-13H2,1-2H3,(H,28,33)/t15-,18?,25-/m1/s1. The number of rotatable bonds is 8. The number of pyridine rings is 1. The molecule has 2 N–H and O–H groups in total. The molecule has 1 aromatic carbocycles. The van der Waals surface area contributed by atoms with Gasteiger partial charge in [0.25, 0.3) is 5.91 Å². The lowest BCUT2D eigenvalue weighted by atomic mass is 9.76. The number of unbranched alkanes of at least 4 members (excludes halogenated alkanes) is 1. The smallest absolute Gasteiger partial charge is 0.257 e. The third kappa shape index (κ3) is 4.13. The van der Waals surface area contributed by atoms with E-state index in [4.69, 9.17) is 4.74 Å². The van der Waals surface area contributed by atoms with E-state index in [1.165, 1.54) is 16.8 Å². The van der Waals surface area contributed by atoms with Crippen LogP contribution < -0.4 is 10.7 Å². The van der Waals surface area contributed by atoms with E-state index < -0.39 is 28.7 Å². The number of carbonyl (C=O) groups is 2. The first kappa shape index (κ1) is 24.1. The lowest BCUT2D eigenvalue weighted by molar-refractivity contribution is 0.0700. The Morgan fingerprint density at radius 2 is 2.09 bits per heavy atom. The number of aromatic nitrogens is 1. The van der Waals surface area contributed by atoms with Gasteiger partial charge in [-0.1, -0.05) is 25.8 Å². The number of fused-ring (bicyclic) bond motifs is 1. The van der Waals surface area contributed by atoms with Gasteiger partial charge in [-0.3, -0.25) is 14.4 Å². The Labute approximate surface area is 195 Å². The second-order valence-corrected chi connectivity index (χ2v) is 9.26. The number of carbonyl (C=O) groups excluding carboxylic acids is 2. The number of hydrogen-bond acceptors (Lipinski definition) is 5. The van der Waals surface area contributed by atoms with Crippen LogP contribution in [0.1, 0.15) is 59.0 Å². The van der Waals surface area contributed by atoms with Gasteiger partial charge in [0, 0.05) is 56.0 Å². The van der Waals surface area contributed by atoms with Gasteiger partial charge in [0.2, 0.25) is 5.43 Å². The molecule has 3 atom stereocenters. The van der Waals surface area contributed by atoms with Gasteiger partial charge in [0.15, 0.2) is 11.5 Å². The molecule has 0 saturated heterocycles. The number of benzene rings is 1. The van der Waals surface area contributed by atoms with Crippen molar-refractivity contribution in [1.82, 2.24) is 9.88 Å². The normalized spacial score (nSPS) is 23.1. The van der Waals surface area contributed by atoms with Crippen LogP contribution in [0.25, 0.3) is 0 Å². The van der Waals surface area contributed by atoms with Crippen molar-refractivity contribution in [3.63, 3.8) is 0 Å². The molecule has 2 aromatic rings. The van der Waals surface area contributed by atoms with Gasteiger partial charge in [-0.05, 0) is 24.8 Å². The SMILES string of the molecule is CCCCC1C(=O)c2c(O)c(=O)c(C(=O)NCc3ccc(F)cc3F)cn2C[C@@]12C[C@@H]2COC. The topological polar surface area (TPSA) is 97.6 Å². The highest BCUT2D eigenvalue weighted by molar-refractivity contribution is 6.02. The summed E-state index contributed by atoms with van der Waals surface area (Å²) < 4.78 is 33.8. The van der Waals surface area contributed by atoms with Crippen molar-refractivity contribution in [2.24, 2.45) is 17.3 Å². The highest BCUT2D eigenvalue weighted by atomic mass is 19.1. The van der Waals surface area contributed by atoms with E-state index in [2.05, 4.69) is 5.32 Å². The van der Waals surface area contributed by atoms with E-state index >= 15 is 0 Å². The van der Waals surface area contributed by atoms with Crippen LogP contribution in [0.4, 0.5) is 8.78 Å². The second kappa shape index (κ2) is 9.29. The minimum atomic E-state index is -0.953. The molecule has 1 unspecified atom stereocenters. The van der Waals surface area contributed by atoms with Crippen molar-refractivity contribution in [3.8, 4) is 5.75 Å². The minimum Gasteiger partial charge on any atom is -0.503 e. The summed E-state index contributed by atoms with van der Waals surface area (Å²) in [7, 11) is 1.61. The van der Waals surface area contributed by atoms with Crippen molar-refractivity contribution >= 4 is 11.7 Å². The van der Waals surface area contributed by atoms with Gasteiger partial charge in [-0.15, -0.1) is 0 Å². The third-order valence-electron chi connectivity index (χ3n) is 7.16. The molecule has 2 heterocycles. The molecule has 0 bridgehead atoms. The highest BCUT2D eigenvalue weighted by Crippen LogP contribution is 2.62. The predicted molar refractivity (Wildman–Crippen MR) is 120 cm³/mol. The number of halogens is 2. The first-order valence-corrected chi connectivity index (χ1v) is 11.4. The molecule has 1 aliphatic carbocycles. The number of ether oxygens (including phenoxy) is 1. The quantitative estimate of drug-likeness (QED) is 0.611. The van der Waals surface area contributed by atoms with Gasteiger partial charge in [0.05, 0.1) is 0 Å². The monoisotopic (exact) mass is 474 g/mol. The van der Waals surface area contributed by atoms with E-state index in [1.54, 1.807) is 7.11 Å². The molecule has 1 spiro atoms. The largest absolute Gasteiger partial charge is 0.503 e. The zero-order valence-corrected chi connectivity index (χ0v) is 19.2. The van der Waals surface area contributed by atoms with Gasteiger partial charge in [0.1, 0.15) is 22.9 Å². The molecule has 4 rings (SSSR count). The Bertz CT molecular complexity index is 1190. The molecule has 1 amide bonds. The highest BCUT2D eigenvalue weighted by Gasteiger charge is 2.63. The average Bonchev–Trinajstić information content (AvgIpc) is 3.47. The molecule has 34 heavy (non-hydrogen) atoms. The Kier molecular flexibility index (Phi) is 6.58. The molecular formula is C25H28F2N2O5. The van der Waals surface area contributed by atoms with Gasteiger partial charge in [-0.25, -0.2) is 8.78 Å². The van der Waals surface area contributed by atoms with E-state index in [1.807, 2.05) is 6.92 Å². The summed E-state index contributed by atoms with van der Waals surface area (Å²) >= 11 is 0. The molecule has 9 heteroatoms. The number of methoxy groups -OCH3 is 1. The summed E-state index contributed by atoms with van der Waals surface area (Å²) in [5.74, 6) is -3.56. The lowest BCUT2D eigenvalue weighted by Crippen LogP contribution is -2.41. The Morgan fingerprint density at radius 1 is 1.32 bits per heavy atom. The number of nitrogens with one attached hydrogen (secondary N) is 1. The zero-order valence-electron chi connectivity index (χ0n) is 19.2. The predicted octanol–water partition coefficient (Wildman–Crippen LogP) is 3.42. The number of Topliss-reactive ketones (excluding diaryl/α,β-unsaturated/α-hetero) is 1. The van der Waals surface area contributed by atoms with Crippen LogP contribution in [0.2, 0.25) is 0 Å².